The topological polar surface area (TPSA) is 49.4 Å². The number of carbonyl (C=O) groups is 2. The molecular formula is C14H24N2O2. The Hall–Kier alpha value is -1.06. The number of amides is 2. The number of nitrogens with zero attached hydrogens (tertiary/aromatic N) is 1. The standard InChI is InChI=1S/C14H24N2O2/c1-5-9(2)12-13(18)16(8-11(17)15-12)7-10-6-14(10,3)4/h9-10,12H,5-8H2,1-4H3,(H,15,17). The van der Waals surface area contributed by atoms with Crippen LogP contribution < -0.4 is 5.32 Å². The van der Waals surface area contributed by atoms with Crippen LogP contribution >= 0.6 is 0 Å². The summed E-state index contributed by atoms with van der Waals surface area (Å²) in [6, 6.07) is -0.321. The molecule has 0 aromatic rings. The van der Waals surface area contributed by atoms with Crippen LogP contribution in [0.3, 0.4) is 0 Å². The summed E-state index contributed by atoms with van der Waals surface area (Å²) in [5, 5.41) is 2.83. The molecule has 0 bridgehead atoms. The molecule has 0 aromatic heterocycles. The quantitative estimate of drug-likeness (QED) is 0.822. The number of hydrogen-bond acceptors (Lipinski definition) is 2. The molecule has 0 radical (unpaired) electrons. The first-order chi connectivity index (χ1) is 8.35. The van der Waals surface area contributed by atoms with Gasteiger partial charge in [0.1, 0.15) is 6.04 Å². The third kappa shape index (κ3) is 2.52. The summed E-state index contributed by atoms with van der Waals surface area (Å²) in [4.78, 5) is 25.8. The highest BCUT2D eigenvalue weighted by molar-refractivity contribution is 5.95. The molecule has 18 heavy (non-hydrogen) atoms. The van der Waals surface area contributed by atoms with Gasteiger partial charge in [0.2, 0.25) is 11.8 Å². The first kappa shape index (κ1) is 13.4. The van der Waals surface area contributed by atoms with E-state index in [0.29, 0.717) is 11.3 Å². The van der Waals surface area contributed by atoms with Gasteiger partial charge in [-0.25, -0.2) is 0 Å². The zero-order chi connectivity index (χ0) is 13.5. The van der Waals surface area contributed by atoms with Crippen LogP contribution in [0.1, 0.15) is 40.5 Å². The molecular weight excluding hydrogens is 228 g/mol. The van der Waals surface area contributed by atoms with E-state index in [1.165, 1.54) is 0 Å². The van der Waals surface area contributed by atoms with Crippen LogP contribution in [0.25, 0.3) is 0 Å². The number of carbonyl (C=O) groups excluding carboxylic acids is 2. The summed E-state index contributed by atoms with van der Waals surface area (Å²) < 4.78 is 0. The fraction of sp³-hybridized carbons (Fsp3) is 0.857. The molecule has 4 nitrogen and oxygen atoms in total. The molecule has 1 saturated heterocycles. The first-order valence-electron chi connectivity index (χ1n) is 6.93. The second-order valence-electron chi connectivity index (χ2n) is 6.54. The highest BCUT2D eigenvalue weighted by Gasteiger charge is 2.48. The zero-order valence-corrected chi connectivity index (χ0v) is 11.8. The van der Waals surface area contributed by atoms with Crippen LogP contribution in [0.4, 0.5) is 0 Å². The van der Waals surface area contributed by atoms with Crippen LogP contribution in [0, 0.1) is 17.3 Å². The van der Waals surface area contributed by atoms with Crippen molar-refractivity contribution in [1.29, 1.82) is 0 Å². The summed E-state index contributed by atoms with van der Waals surface area (Å²) in [7, 11) is 0. The highest BCUT2D eigenvalue weighted by atomic mass is 16.2. The minimum atomic E-state index is -0.321. The lowest BCUT2D eigenvalue weighted by Gasteiger charge is -2.35. The molecule has 1 aliphatic carbocycles. The maximum Gasteiger partial charge on any atom is 0.245 e. The Kier molecular flexibility index (Phi) is 3.39. The minimum absolute atomic E-state index is 0.0154. The van der Waals surface area contributed by atoms with Crippen molar-refractivity contribution in [2.75, 3.05) is 13.1 Å². The van der Waals surface area contributed by atoms with E-state index in [-0.39, 0.29) is 30.3 Å². The van der Waals surface area contributed by atoms with Crippen molar-refractivity contribution in [3.63, 3.8) is 0 Å². The van der Waals surface area contributed by atoms with Crippen molar-refractivity contribution in [3.05, 3.63) is 0 Å². The SMILES string of the molecule is CCC(C)C1NC(=O)CN(CC2CC2(C)C)C1=O. The van der Waals surface area contributed by atoms with E-state index in [2.05, 4.69) is 19.2 Å². The normalized spacial score (nSPS) is 32.1. The third-order valence-corrected chi connectivity index (χ3v) is 4.60. The van der Waals surface area contributed by atoms with Gasteiger partial charge < -0.3 is 10.2 Å². The fourth-order valence-corrected chi connectivity index (χ4v) is 2.66. The van der Waals surface area contributed by atoms with Crippen LogP contribution in [-0.4, -0.2) is 35.8 Å². The van der Waals surface area contributed by atoms with Crippen molar-refractivity contribution in [2.24, 2.45) is 17.3 Å². The Morgan fingerprint density at radius 2 is 2.06 bits per heavy atom. The molecule has 1 N–H and O–H groups in total. The van der Waals surface area contributed by atoms with Gasteiger partial charge in [0.05, 0.1) is 6.54 Å². The minimum Gasteiger partial charge on any atom is -0.342 e. The third-order valence-electron chi connectivity index (χ3n) is 4.60. The first-order valence-corrected chi connectivity index (χ1v) is 6.93. The van der Waals surface area contributed by atoms with Crippen molar-refractivity contribution in [2.45, 2.75) is 46.6 Å². The summed E-state index contributed by atoms with van der Waals surface area (Å²) in [5.74, 6) is 0.853. The molecule has 2 aliphatic rings. The van der Waals surface area contributed by atoms with Gasteiger partial charge in [0.15, 0.2) is 0 Å². The second kappa shape index (κ2) is 4.56. The van der Waals surface area contributed by atoms with E-state index in [0.717, 1.165) is 19.4 Å². The largest absolute Gasteiger partial charge is 0.342 e. The van der Waals surface area contributed by atoms with E-state index in [1.807, 2.05) is 13.8 Å². The van der Waals surface area contributed by atoms with E-state index in [4.69, 9.17) is 0 Å². The van der Waals surface area contributed by atoms with E-state index in [1.54, 1.807) is 4.90 Å². The molecule has 3 atom stereocenters. The number of rotatable bonds is 4. The summed E-state index contributed by atoms with van der Waals surface area (Å²) in [5.41, 5.74) is 0.347. The summed E-state index contributed by atoms with van der Waals surface area (Å²) >= 11 is 0. The molecule has 1 aliphatic heterocycles. The van der Waals surface area contributed by atoms with Crippen molar-refractivity contribution >= 4 is 11.8 Å². The Morgan fingerprint density at radius 1 is 1.44 bits per heavy atom. The second-order valence-corrected chi connectivity index (χ2v) is 6.54. The highest BCUT2D eigenvalue weighted by Crippen LogP contribution is 2.51. The summed E-state index contributed by atoms with van der Waals surface area (Å²) in [6.45, 7) is 9.49. The van der Waals surface area contributed by atoms with Gasteiger partial charge in [-0.15, -0.1) is 0 Å². The Labute approximate surface area is 109 Å². The van der Waals surface area contributed by atoms with E-state index in [9.17, 15) is 9.59 Å². The average molecular weight is 252 g/mol. The average Bonchev–Trinajstić information content (AvgIpc) is 2.89. The van der Waals surface area contributed by atoms with E-state index >= 15 is 0 Å². The van der Waals surface area contributed by atoms with Crippen LogP contribution in [0.5, 0.6) is 0 Å². The molecule has 102 valence electrons. The van der Waals surface area contributed by atoms with Crippen molar-refractivity contribution in [3.8, 4) is 0 Å². The van der Waals surface area contributed by atoms with Gasteiger partial charge in [-0.2, -0.15) is 0 Å². The van der Waals surface area contributed by atoms with Gasteiger partial charge in [-0.05, 0) is 23.7 Å². The lowest BCUT2D eigenvalue weighted by molar-refractivity contribution is -0.146. The van der Waals surface area contributed by atoms with Gasteiger partial charge in [0, 0.05) is 6.54 Å². The van der Waals surface area contributed by atoms with Crippen LogP contribution in [0.15, 0.2) is 0 Å². The molecule has 1 saturated carbocycles. The van der Waals surface area contributed by atoms with Gasteiger partial charge >= 0.3 is 0 Å². The van der Waals surface area contributed by atoms with Gasteiger partial charge in [-0.1, -0.05) is 34.1 Å². The molecule has 3 unspecified atom stereocenters. The summed E-state index contributed by atoms with van der Waals surface area (Å²) in [6.07, 6.45) is 2.06. The molecule has 2 fully saturated rings. The molecule has 2 amide bonds. The Morgan fingerprint density at radius 3 is 2.56 bits per heavy atom. The smallest absolute Gasteiger partial charge is 0.245 e. The predicted molar refractivity (Wildman–Crippen MR) is 69.9 cm³/mol. The molecule has 0 spiro atoms. The number of nitrogens with one attached hydrogen (secondary N) is 1. The maximum absolute atomic E-state index is 12.4. The lowest BCUT2D eigenvalue weighted by atomic mass is 9.96. The molecule has 2 rings (SSSR count). The molecule has 4 heteroatoms. The Bertz CT molecular complexity index is 365. The molecule has 1 heterocycles. The fourth-order valence-electron chi connectivity index (χ4n) is 2.66. The van der Waals surface area contributed by atoms with Crippen LogP contribution in [0.2, 0.25) is 0 Å². The van der Waals surface area contributed by atoms with Gasteiger partial charge in [-0.3, -0.25) is 9.59 Å². The lowest BCUT2D eigenvalue weighted by Crippen LogP contribution is -2.60. The predicted octanol–water partition coefficient (Wildman–Crippen LogP) is 1.41. The van der Waals surface area contributed by atoms with Crippen LogP contribution in [-0.2, 0) is 9.59 Å². The number of piperazine rings is 1. The van der Waals surface area contributed by atoms with Crippen molar-refractivity contribution < 1.29 is 9.59 Å². The Balaban J connectivity index is 2.01. The number of hydrogen-bond donors (Lipinski definition) is 1. The zero-order valence-electron chi connectivity index (χ0n) is 11.8. The van der Waals surface area contributed by atoms with Gasteiger partial charge in [0.25, 0.3) is 0 Å². The van der Waals surface area contributed by atoms with E-state index < -0.39 is 0 Å². The van der Waals surface area contributed by atoms with Crippen molar-refractivity contribution in [1.82, 2.24) is 10.2 Å². The maximum atomic E-state index is 12.4. The monoisotopic (exact) mass is 252 g/mol. The molecule has 0 aromatic carbocycles.